The van der Waals surface area contributed by atoms with Crippen LogP contribution in [0.15, 0.2) is 53.9 Å². The summed E-state index contributed by atoms with van der Waals surface area (Å²) in [6, 6.07) is 12.2. The van der Waals surface area contributed by atoms with Crippen molar-refractivity contribution in [1.82, 2.24) is 9.97 Å². The predicted octanol–water partition coefficient (Wildman–Crippen LogP) is 3.05. The summed E-state index contributed by atoms with van der Waals surface area (Å²) in [5.74, 6) is 0. The monoisotopic (exact) mass is 259 g/mol. The minimum absolute atomic E-state index is 0.0242. The molecule has 0 saturated carbocycles. The summed E-state index contributed by atoms with van der Waals surface area (Å²) in [6.45, 7) is 2.15. The SMILES string of the molecule is CCC(Sc1ccncn1)C(N)c1ccccc1. The molecule has 94 valence electrons. The molecule has 2 rings (SSSR count). The normalized spacial score (nSPS) is 14.1. The van der Waals surface area contributed by atoms with E-state index in [2.05, 4.69) is 29.0 Å². The second-order valence-electron chi connectivity index (χ2n) is 4.05. The van der Waals surface area contributed by atoms with Crippen LogP contribution in [0, 0.1) is 0 Å². The Balaban J connectivity index is 2.09. The van der Waals surface area contributed by atoms with E-state index in [4.69, 9.17) is 5.73 Å². The van der Waals surface area contributed by atoms with Gasteiger partial charge in [-0.15, -0.1) is 11.8 Å². The summed E-state index contributed by atoms with van der Waals surface area (Å²) in [5, 5.41) is 1.30. The summed E-state index contributed by atoms with van der Waals surface area (Å²) in [6.07, 6.45) is 4.34. The molecule has 2 N–H and O–H groups in total. The molecule has 1 heterocycles. The van der Waals surface area contributed by atoms with Gasteiger partial charge in [-0.1, -0.05) is 37.3 Å². The number of hydrogen-bond donors (Lipinski definition) is 1. The minimum atomic E-state index is 0.0242. The number of thioether (sulfide) groups is 1. The molecule has 18 heavy (non-hydrogen) atoms. The van der Waals surface area contributed by atoms with E-state index in [1.54, 1.807) is 24.3 Å². The van der Waals surface area contributed by atoms with Crippen LogP contribution in [0.2, 0.25) is 0 Å². The van der Waals surface area contributed by atoms with E-state index >= 15 is 0 Å². The second kappa shape index (κ2) is 6.52. The maximum atomic E-state index is 6.33. The Bertz CT molecular complexity index is 461. The molecule has 0 fully saturated rings. The average molecular weight is 259 g/mol. The van der Waals surface area contributed by atoms with Crippen LogP contribution in [0.25, 0.3) is 0 Å². The smallest absolute Gasteiger partial charge is 0.116 e. The molecule has 2 unspecified atom stereocenters. The van der Waals surface area contributed by atoms with Crippen LogP contribution in [0.3, 0.4) is 0 Å². The largest absolute Gasteiger partial charge is 0.323 e. The lowest BCUT2D eigenvalue weighted by atomic mass is 10.0. The van der Waals surface area contributed by atoms with Crippen LogP contribution in [-0.2, 0) is 0 Å². The quantitative estimate of drug-likeness (QED) is 0.662. The number of hydrogen-bond acceptors (Lipinski definition) is 4. The molecule has 3 nitrogen and oxygen atoms in total. The Morgan fingerprint density at radius 3 is 2.61 bits per heavy atom. The van der Waals surface area contributed by atoms with Gasteiger partial charge < -0.3 is 5.73 Å². The molecule has 1 aromatic heterocycles. The predicted molar refractivity (Wildman–Crippen MR) is 75.3 cm³/mol. The van der Waals surface area contributed by atoms with Crippen LogP contribution in [0.4, 0.5) is 0 Å². The van der Waals surface area contributed by atoms with Crippen molar-refractivity contribution in [3.05, 3.63) is 54.5 Å². The van der Waals surface area contributed by atoms with Crippen molar-refractivity contribution in [3.8, 4) is 0 Å². The highest BCUT2D eigenvalue weighted by Gasteiger charge is 2.19. The molecule has 0 spiro atoms. The molecule has 0 amide bonds. The van der Waals surface area contributed by atoms with Crippen molar-refractivity contribution < 1.29 is 0 Å². The van der Waals surface area contributed by atoms with Gasteiger partial charge in [-0.25, -0.2) is 9.97 Å². The van der Waals surface area contributed by atoms with Gasteiger partial charge in [0.05, 0.1) is 5.03 Å². The molecule has 4 heteroatoms. The van der Waals surface area contributed by atoms with Crippen molar-refractivity contribution >= 4 is 11.8 Å². The fourth-order valence-corrected chi connectivity index (χ4v) is 2.83. The molecule has 0 bridgehead atoms. The van der Waals surface area contributed by atoms with Crippen LogP contribution in [0.1, 0.15) is 24.9 Å². The first kappa shape index (κ1) is 13.1. The number of aromatic nitrogens is 2. The fraction of sp³-hybridized carbons (Fsp3) is 0.286. The molecular weight excluding hydrogens is 242 g/mol. The summed E-state index contributed by atoms with van der Waals surface area (Å²) in [4.78, 5) is 8.16. The zero-order chi connectivity index (χ0) is 12.8. The van der Waals surface area contributed by atoms with E-state index in [-0.39, 0.29) is 6.04 Å². The van der Waals surface area contributed by atoms with E-state index in [0.29, 0.717) is 5.25 Å². The zero-order valence-electron chi connectivity index (χ0n) is 10.4. The molecular formula is C14H17N3S. The van der Waals surface area contributed by atoms with Gasteiger partial charge in [0.2, 0.25) is 0 Å². The third kappa shape index (κ3) is 3.31. The third-order valence-corrected chi connectivity index (χ3v) is 4.23. The highest BCUT2D eigenvalue weighted by molar-refractivity contribution is 7.99. The Morgan fingerprint density at radius 2 is 2.00 bits per heavy atom. The van der Waals surface area contributed by atoms with E-state index in [0.717, 1.165) is 11.4 Å². The molecule has 0 aliphatic rings. The fourth-order valence-electron chi connectivity index (χ4n) is 1.80. The van der Waals surface area contributed by atoms with Crippen molar-refractivity contribution in [2.75, 3.05) is 0 Å². The first-order valence-electron chi connectivity index (χ1n) is 6.04. The maximum absolute atomic E-state index is 6.33. The topological polar surface area (TPSA) is 51.8 Å². The summed E-state index contributed by atoms with van der Waals surface area (Å²) < 4.78 is 0. The Morgan fingerprint density at radius 1 is 1.22 bits per heavy atom. The lowest BCUT2D eigenvalue weighted by molar-refractivity contribution is 0.655. The minimum Gasteiger partial charge on any atom is -0.323 e. The van der Waals surface area contributed by atoms with Crippen LogP contribution >= 0.6 is 11.8 Å². The standard InChI is InChI=1S/C14H17N3S/c1-2-12(18-13-8-9-16-10-17-13)14(15)11-6-4-3-5-7-11/h3-10,12,14H,2,15H2,1H3. The number of benzene rings is 1. The van der Waals surface area contributed by atoms with Gasteiger partial charge in [-0.3, -0.25) is 0 Å². The lowest BCUT2D eigenvalue weighted by Crippen LogP contribution is -2.23. The van der Waals surface area contributed by atoms with Gasteiger partial charge in [0, 0.05) is 17.5 Å². The molecule has 2 aromatic rings. The molecule has 0 aliphatic carbocycles. The van der Waals surface area contributed by atoms with Crippen LogP contribution < -0.4 is 5.73 Å². The first-order valence-corrected chi connectivity index (χ1v) is 6.92. The van der Waals surface area contributed by atoms with Gasteiger partial charge in [0.1, 0.15) is 6.33 Å². The molecule has 0 saturated heterocycles. The third-order valence-electron chi connectivity index (χ3n) is 2.81. The molecule has 1 aromatic carbocycles. The lowest BCUT2D eigenvalue weighted by Gasteiger charge is -2.22. The van der Waals surface area contributed by atoms with E-state index in [1.807, 2.05) is 24.3 Å². The average Bonchev–Trinajstić information content (AvgIpc) is 2.46. The van der Waals surface area contributed by atoms with Gasteiger partial charge in [0.25, 0.3) is 0 Å². The van der Waals surface area contributed by atoms with Crippen molar-refractivity contribution in [3.63, 3.8) is 0 Å². The van der Waals surface area contributed by atoms with Gasteiger partial charge in [-0.2, -0.15) is 0 Å². The Hall–Kier alpha value is -1.39. The van der Waals surface area contributed by atoms with Crippen LogP contribution in [0.5, 0.6) is 0 Å². The highest BCUT2D eigenvalue weighted by Crippen LogP contribution is 2.31. The van der Waals surface area contributed by atoms with Gasteiger partial charge >= 0.3 is 0 Å². The summed E-state index contributed by atoms with van der Waals surface area (Å²) in [5.41, 5.74) is 7.51. The molecule has 0 radical (unpaired) electrons. The van der Waals surface area contributed by atoms with Crippen LogP contribution in [-0.4, -0.2) is 15.2 Å². The number of nitrogens with two attached hydrogens (primary N) is 1. The Kier molecular flexibility index (Phi) is 4.73. The first-order chi connectivity index (χ1) is 8.81. The van der Waals surface area contributed by atoms with E-state index < -0.39 is 0 Å². The number of rotatable bonds is 5. The maximum Gasteiger partial charge on any atom is 0.116 e. The van der Waals surface area contributed by atoms with Crippen molar-refractivity contribution in [2.24, 2.45) is 5.73 Å². The van der Waals surface area contributed by atoms with Gasteiger partial charge in [0.15, 0.2) is 0 Å². The van der Waals surface area contributed by atoms with E-state index in [9.17, 15) is 0 Å². The zero-order valence-corrected chi connectivity index (χ0v) is 11.2. The summed E-state index contributed by atoms with van der Waals surface area (Å²) in [7, 11) is 0. The highest BCUT2D eigenvalue weighted by atomic mass is 32.2. The second-order valence-corrected chi connectivity index (χ2v) is 5.31. The molecule has 0 aliphatic heterocycles. The summed E-state index contributed by atoms with van der Waals surface area (Å²) >= 11 is 1.72. The molecule has 2 atom stereocenters. The van der Waals surface area contributed by atoms with E-state index in [1.165, 1.54) is 5.56 Å². The van der Waals surface area contributed by atoms with Gasteiger partial charge in [-0.05, 0) is 18.1 Å². The number of nitrogens with zero attached hydrogens (tertiary/aromatic N) is 2. The van der Waals surface area contributed by atoms with Crippen molar-refractivity contribution in [2.45, 2.75) is 29.7 Å². The Labute approximate surface area is 112 Å². The van der Waals surface area contributed by atoms with Crippen molar-refractivity contribution in [1.29, 1.82) is 0 Å².